The molecule has 0 aliphatic heterocycles. The van der Waals surface area contributed by atoms with Crippen molar-refractivity contribution in [2.75, 3.05) is 11.9 Å². The molecule has 0 bridgehead atoms. The number of hydrogen-bond acceptors (Lipinski definition) is 6. The van der Waals surface area contributed by atoms with Crippen LogP contribution >= 0.6 is 11.3 Å². The molecule has 0 saturated carbocycles. The van der Waals surface area contributed by atoms with Gasteiger partial charge in [0.2, 0.25) is 5.91 Å². The number of halogens is 1. The Morgan fingerprint density at radius 3 is 2.56 bits per heavy atom. The topological polar surface area (TPSA) is 77.2 Å². The molecule has 0 atom stereocenters. The van der Waals surface area contributed by atoms with Crippen LogP contribution in [0.15, 0.2) is 59.1 Å². The number of ether oxygens (including phenoxy) is 1. The molecule has 164 valence electrons. The van der Waals surface area contributed by atoms with Gasteiger partial charge < -0.3 is 14.5 Å². The van der Waals surface area contributed by atoms with Gasteiger partial charge in [0.15, 0.2) is 16.8 Å². The van der Waals surface area contributed by atoms with E-state index in [0.29, 0.717) is 29.8 Å². The van der Waals surface area contributed by atoms with Crippen LogP contribution in [-0.2, 0) is 11.2 Å². The fourth-order valence-electron chi connectivity index (χ4n) is 3.17. The van der Waals surface area contributed by atoms with E-state index >= 15 is 0 Å². The standard InChI is InChI=1S/C24H22FN3O3S/c1-3-30-19-10-6-17(7-11-19)23-15(2)32-24(28-23)27-21(29)12-13-22-26-14-20(31-22)16-4-8-18(25)9-5-16/h4-11,14H,3,12-13H2,1-2H3,(H,27,28,29). The summed E-state index contributed by atoms with van der Waals surface area (Å²) in [6, 6.07) is 13.7. The highest BCUT2D eigenvalue weighted by Gasteiger charge is 2.14. The summed E-state index contributed by atoms with van der Waals surface area (Å²) in [5, 5.41) is 3.40. The minimum absolute atomic E-state index is 0.168. The second kappa shape index (κ2) is 9.74. The summed E-state index contributed by atoms with van der Waals surface area (Å²) in [6.07, 6.45) is 2.14. The summed E-state index contributed by atoms with van der Waals surface area (Å²) < 4.78 is 24.2. The summed E-state index contributed by atoms with van der Waals surface area (Å²) in [7, 11) is 0. The van der Waals surface area contributed by atoms with Crippen molar-refractivity contribution < 1.29 is 18.3 Å². The lowest BCUT2D eigenvalue weighted by atomic mass is 10.1. The van der Waals surface area contributed by atoms with Crippen LogP contribution in [0.4, 0.5) is 9.52 Å². The van der Waals surface area contributed by atoms with Gasteiger partial charge in [-0.15, -0.1) is 11.3 Å². The van der Waals surface area contributed by atoms with Crippen molar-refractivity contribution in [3.8, 4) is 28.3 Å². The highest BCUT2D eigenvalue weighted by Crippen LogP contribution is 2.31. The molecule has 4 rings (SSSR count). The quantitative estimate of drug-likeness (QED) is 0.362. The molecule has 6 nitrogen and oxygen atoms in total. The second-order valence-electron chi connectivity index (χ2n) is 7.05. The number of benzene rings is 2. The first-order valence-corrected chi connectivity index (χ1v) is 11.0. The molecule has 0 aliphatic rings. The third-order valence-electron chi connectivity index (χ3n) is 4.73. The molecular weight excluding hydrogens is 429 g/mol. The van der Waals surface area contributed by atoms with E-state index in [2.05, 4.69) is 15.3 Å². The van der Waals surface area contributed by atoms with Gasteiger partial charge >= 0.3 is 0 Å². The van der Waals surface area contributed by atoms with Gasteiger partial charge in [-0.05, 0) is 62.4 Å². The lowest BCUT2D eigenvalue weighted by Crippen LogP contribution is -2.12. The predicted octanol–water partition coefficient (Wildman–Crippen LogP) is 5.88. The summed E-state index contributed by atoms with van der Waals surface area (Å²) in [5.41, 5.74) is 2.54. The Bertz CT molecular complexity index is 1200. The number of aromatic nitrogens is 2. The van der Waals surface area contributed by atoms with E-state index in [1.165, 1.54) is 23.5 Å². The van der Waals surface area contributed by atoms with Gasteiger partial charge in [-0.25, -0.2) is 14.4 Å². The molecule has 0 aliphatic carbocycles. The molecule has 2 heterocycles. The van der Waals surface area contributed by atoms with Crippen LogP contribution in [0.5, 0.6) is 5.75 Å². The highest BCUT2D eigenvalue weighted by atomic mass is 32.1. The van der Waals surface area contributed by atoms with Crippen molar-refractivity contribution in [1.82, 2.24) is 9.97 Å². The van der Waals surface area contributed by atoms with Crippen LogP contribution in [0.2, 0.25) is 0 Å². The van der Waals surface area contributed by atoms with E-state index in [4.69, 9.17) is 9.15 Å². The Morgan fingerprint density at radius 2 is 1.84 bits per heavy atom. The van der Waals surface area contributed by atoms with Gasteiger partial charge in [-0.2, -0.15) is 0 Å². The maximum atomic E-state index is 13.1. The number of carbonyl (C=O) groups is 1. The largest absolute Gasteiger partial charge is 0.494 e. The number of carbonyl (C=O) groups excluding carboxylic acids is 1. The van der Waals surface area contributed by atoms with E-state index in [1.54, 1.807) is 18.3 Å². The number of thiazole rings is 1. The molecule has 4 aromatic rings. The molecule has 32 heavy (non-hydrogen) atoms. The SMILES string of the molecule is CCOc1ccc(-c2nc(NC(=O)CCc3ncc(-c4ccc(F)cc4)o3)sc2C)cc1. The monoisotopic (exact) mass is 451 g/mol. The van der Waals surface area contributed by atoms with Crippen molar-refractivity contribution >= 4 is 22.4 Å². The number of aryl methyl sites for hydroxylation is 2. The van der Waals surface area contributed by atoms with Crippen molar-refractivity contribution in [3.63, 3.8) is 0 Å². The minimum atomic E-state index is -0.312. The zero-order valence-electron chi connectivity index (χ0n) is 17.7. The average Bonchev–Trinajstić information content (AvgIpc) is 3.40. The summed E-state index contributed by atoms with van der Waals surface area (Å²) in [4.78, 5) is 22.2. The third kappa shape index (κ3) is 5.20. The molecule has 1 N–H and O–H groups in total. The number of nitrogens with zero attached hydrogens (tertiary/aromatic N) is 2. The number of rotatable bonds is 8. The van der Waals surface area contributed by atoms with Crippen molar-refractivity contribution in [1.29, 1.82) is 0 Å². The van der Waals surface area contributed by atoms with Crippen molar-refractivity contribution in [2.45, 2.75) is 26.7 Å². The minimum Gasteiger partial charge on any atom is -0.494 e. The average molecular weight is 452 g/mol. The predicted molar refractivity (Wildman–Crippen MR) is 122 cm³/mol. The summed E-state index contributed by atoms with van der Waals surface area (Å²) >= 11 is 1.43. The smallest absolute Gasteiger partial charge is 0.226 e. The van der Waals surface area contributed by atoms with Crippen molar-refractivity contribution in [3.05, 3.63) is 71.3 Å². The molecule has 0 radical (unpaired) electrons. The van der Waals surface area contributed by atoms with E-state index in [1.807, 2.05) is 38.1 Å². The number of amides is 1. The zero-order valence-corrected chi connectivity index (χ0v) is 18.5. The lowest BCUT2D eigenvalue weighted by Gasteiger charge is -2.04. The normalized spacial score (nSPS) is 10.8. The Kier molecular flexibility index (Phi) is 6.61. The summed E-state index contributed by atoms with van der Waals surface area (Å²) in [6.45, 7) is 4.54. The molecule has 0 fully saturated rings. The van der Waals surface area contributed by atoms with E-state index in [9.17, 15) is 9.18 Å². The van der Waals surface area contributed by atoms with Crippen LogP contribution < -0.4 is 10.1 Å². The van der Waals surface area contributed by atoms with E-state index in [-0.39, 0.29) is 18.1 Å². The van der Waals surface area contributed by atoms with Crippen LogP contribution in [0.3, 0.4) is 0 Å². The van der Waals surface area contributed by atoms with Gasteiger partial charge in [-0.1, -0.05) is 0 Å². The third-order valence-corrected chi connectivity index (χ3v) is 5.62. The van der Waals surface area contributed by atoms with Gasteiger partial charge in [0.1, 0.15) is 11.6 Å². The molecule has 2 aromatic heterocycles. The van der Waals surface area contributed by atoms with Gasteiger partial charge in [-0.3, -0.25) is 4.79 Å². The van der Waals surface area contributed by atoms with E-state index < -0.39 is 0 Å². The fourth-order valence-corrected chi connectivity index (χ4v) is 4.02. The van der Waals surface area contributed by atoms with Crippen LogP contribution in [0, 0.1) is 12.7 Å². The first-order valence-electron chi connectivity index (χ1n) is 10.2. The zero-order chi connectivity index (χ0) is 22.5. The van der Waals surface area contributed by atoms with E-state index in [0.717, 1.165) is 27.4 Å². The molecule has 2 aromatic carbocycles. The Hall–Kier alpha value is -3.52. The first-order chi connectivity index (χ1) is 15.5. The van der Waals surface area contributed by atoms with Crippen LogP contribution in [-0.4, -0.2) is 22.5 Å². The Morgan fingerprint density at radius 1 is 1.12 bits per heavy atom. The first kappa shape index (κ1) is 21.7. The lowest BCUT2D eigenvalue weighted by molar-refractivity contribution is -0.116. The number of hydrogen-bond donors (Lipinski definition) is 1. The molecule has 0 spiro atoms. The number of nitrogens with one attached hydrogen (secondary N) is 1. The Balaban J connectivity index is 1.35. The van der Waals surface area contributed by atoms with Gasteiger partial charge in [0.25, 0.3) is 0 Å². The highest BCUT2D eigenvalue weighted by molar-refractivity contribution is 7.16. The molecule has 8 heteroatoms. The maximum Gasteiger partial charge on any atom is 0.226 e. The van der Waals surface area contributed by atoms with Gasteiger partial charge in [0, 0.05) is 28.8 Å². The van der Waals surface area contributed by atoms with Gasteiger partial charge in [0.05, 0.1) is 18.5 Å². The molecular formula is C24H22FN3O3S. The second-order valence-corrected chi connectivity index (χ2v) is 8.26. The van der Waals surface area contributed by atoms with Crippen molar-refractivity contribution in [2.24, 2.45) is 0 Å². The molecule has 0 unspecified atom stereocenters. The van der Waals surface area contributed by atoms with Crippen LogP contribution in [0.1, 0.15) is 24.1 Å². The van der Waals surface area contributed by atoms with Crippen LogP contribution in [0.25, 0.3) is 22.6 Å². The molecule has 0 saturated heterocycles. The molecule has 1 amide bonds. The number of anilines is 1. The number of oxazole rings is 1. The Labute approximate surface area is 189 Å². The fraction of sp³-hybridized carbons (Fsp3) is 0.208. The summed E-state index contributed by atoms with van der Waals surface area (Å²) in [5.74, 6) is 1.32. The maximum absolute atomic E-state index is 13.1.